The van der Waals surface area contributed by atoms with Crippen LogP contribution in [0.15, 0.2) is 60.7 Å². The van der Waals surface area contributed by atoms with Crippen LogP contribution >= 0.6 is 0 Å². The predicted molar refractivity (Wildman–Crippen MR) is 134 cm³/mol. The topological polar surface area (TPSA) is 86.6 Å². The second-order valence-corrected chi connectivity index (χ2v) is 10.0. The van der Waals surface area contributed by atoms with Crippen molar-refractivity contribution in [1.82, 2.24) is 5.32 Å². The Kier molecular flexibility index (Phi) is 9.28. The zero-order valence-electron chi connectivity index (χ0n) is 20.5. The molecule has 0 saturated heterocycles. The number of carbonyl (C=O) groups excluding carboxylic acids is 1. The van der Waals surface area contributed by atoms with Crippen LogP contribution < -0.4 is 5.32 Å². The number of aliphatic hydroxyl groups is 1. The lowest BCUT2D eigenvalue weighted by Crippen LogP contribution is -2.42. The van der Waals surface area contributed by atoms with Gasteiger partial charge in [0.15, 0.2) is 0 Å². The average Bonchev–Trinajstić information content (AvgIpc) is 3.32. The zero-order chi connectivity index (χ0) is 24.6. The van der Waals surface area contributed by atoms with E-state index in [1.807, 2.05) is 43.3 Å². The standard InChI is InChI=1S/C29H39NO4/c1-21(30-22(2)32)26(25(20-31)15-18-29(28(33)34)16-9-10-17-29)19-27(23-11-5-3-6-12-23)24-13-7-4-8-14-24/h3-8,11-14,21,25-27,31H,9-10,15-20H2,1-2H3,(H,30,32)(H,33,34). The molecule has 3 N–H and O–H groups in total. The Hall–Kier alpha value is -2.66. The molecule has 1 fully saturated rings. The minimum Gasteiger partial charge on any atom is -0.481 e. The average molecular weight is 466 g/mol. The SMILES string of the molecule is CC(=O)NC(C)C(CC(c1ccccc1)c1ccccc1)C(CO)CCC1(C(=O)O)CCCC1. The second kappa shape index (κ2) is 12.2. The number of aliphatic hydroxyl groups excluding tert-OH is 1. The molecule has 0 aliphatic heterocycles. The van der Waals surface area contributed by atoms with Gasteiger partial charge in [-0.15, -0.1) is 0 Å². The lowest BCUT2D eigenvalue weighted by atomic mass is 9.72. The summed E-state index contributed by atoms with van der Waals surface area (Å²) in [6.07, 6.45) is 5.27. The molecule has 184 valence electrons. The monoisotopic (exact) mass is 465 g/mol. The molecule has 5 nitrogen and oxygen atoms in total. The van der Waals surface area contributed by atoms with Crippen molar-refractivity contribution in [3.63, 3.8) is 0 Å². The Bertz CT molecular complexity index is 869. The minimum atomic E-state index is -0.709. The smallest absolute Gasteiger partial charge is 0.309 e. The van der Waals surface area contributed by atoms with E-state index in [-0.39, 0.29) is 36.3 Å². The molecule has 1 aliphatic rings. The molecule has 0 radical (unpaired) electrons. The lowest BCUT2D eigenvalue weighted by molar-refractivity contribution is -0.149. The number of aliphatic carboxylic acids is 1. The summed E-state index contributed by atoms with van der Waals surface area (Å²) in [6, 6.07) is 20.5. The Morgan fingerprint density at radius 2 is 1.50 bits per heavy atom. The van der Waals surface area contributed by atoms with Crippen LogP contribution in [0.4, 0.5) is 0 Å². The van der Waals surface area contributed by atoms with Crippen molar-refractivity contribution in [3.8, 4) is 0 Å². The molecular formula is C29H39NO4. The maximum absolute atomic E-state index is 12.1. The van der Waals surface area contributed by atoms with Gasteiger partial charge in [-0.3, -0.25) is 9.59 Å². The fraction of sp³-hybridized carbons (Fsp3) is 0.517. The van der Waals surface area contributed by atoms with Gasteiger partial charge >= 0.3 is 5.97 Å². The molecule has 3 unspecified atom stereocenters. The van der Waals surface area contributed by atoms with E-state index in [4.69, 9.17) is 0 Å². The van der Waals surface area contributed by atoms with Gasteiger partial charge in [0.2, 0.25) is 5.91 Å². The van der Waals surface area contributed by atoms with Crippen LogP contribution in [0.5, 0.6) is 0 Å². The maximum atomic E-state index is 12.1. The van der Waals surface area contributed by atoms with Gasteiger partial charge < -0.3 is 15.5 Å². The van der Waals surface area contributed by atoms with Gasteiger partial charge in [-0.05, 0) is 62.0 Å². The van der Waals surface area contributed by atoms with Gasteiger partial charge in [0.25, 0.3) is 0 Å². The van der Waals surface area contributed by atoms with Gasteiger partial charge in [0.1, 0.15) is 0 Å². The van der Waals surface area contributed by atoms with E-state index in [1.165, 1.54) is 18.1 Å². The first-order valence-corrected chi connectivity index (χ1v) is 12.6. The highest BCUT2D eigenvalue weighted by atomic mass is 16.4. The van der Waals surface area contributed by atoms with Crippen molar-refractivity contribution in [2.45, 2.75) is 70.8 Å². The summed E-state index contributed by atoms with van der Waals surface area (Å²) in [7, 11) is 0. The van der Waals surface area contributed by atoms with Crippen LogP contribution in [-0.2, 0) is 9.59 Å². The largest absolute Gasteiger partial charge is 0.481 e. The number of benzene rings is 2. The van der Waals surface area contributed by atoms with E-state index < -0.39 is 11.4 Å². The first-order chi connectivity index (χ1) is 16.4. The molecule has 2 aromatic rings. The van der Waals surface area contributed by atoms with Crippen LogP contribution in [0, 0.1) is 17.3 Å². The van der Waals surface area contributed by atoms with Gasteiger partial charge in [-0.2, -0.15) is 0 Å². The third kappa shape index (κ3) is 6.47. The Labute approximate surface area is 203 Å². The quantitative estimate of drug-likeness (QED) is 0.393. The highest BCUT2D eigenvalue weighted by Crippen LogP contribution is 2.44. The number of carboxylic acid groups (broad SMARTS) is 1. The van der Waals surface area contributed by atoms with E-state index >= 15 is 0 Å². The molecule has 0 heterocycles. The Morgan fingerprint density at radius 3 is 1.94 bits per heavy atom. The fourth-order valence-corrected chi connectivity index (χ4v) is 5.86. The van der Waals surface area contributed by atoms with Crippen molar-refractivity contribution < 1.29 is 19.8 Å². The summed E-state index contributed by atoms with van der Waals surface area (Å²) >= 11 is 0. The molecule has 0 aromatic heterocycles. The second-order valence-electron chi connectivity index (χ2n) is 10.0. The summed E-state index contributed by atoms with van der Waals surface area (Å²) in [6.45, 7) is 3.50. The van der Waals surface area contributed by atoms with Crippen LogP contribution in [0.3, 0.4) is 0 Å². The van der Waals surface area contributed by atoms with Crippen molar-refractivity contribution >= 4 is 11.9 Å². The van der Waals surface area contributed by atoms with E-state index in [1.54, 1.807) is 0 Å². The van der Waals surface area contributed by atoms with Crippen LogP contribution in [0.25, 0.3) is 0 Å². The number of amides is 1. The Morgan fingerprint density at radius 1 is 0.971 bits per heavy atom. The fourth-order valence-electron chi connectivity index (χ4n) is 5.86. The predicted octanol–water partition coefficient (Wildman–Crippen LogP) is 5.38. The third-order valence-corrected chi connectivity index (χ3v) is 7.83. The molecule has 2 aromatic carbocycles. The molecule has 1 amide bonds. The molecule has 5 heteroatoms. The first kappa shape index (κ1) is 26.0. The summed E-state index contributed by atoms with van der Waals surface area (Å²) in [4.78, 5) is 24.1. The van der Waals surface area contributed by atoms with Crippen molar-refractivity contribution in [2.75, 3.05) is 6.61 Å². The number of hydrogen-bond donors (Lipinski definition) is 3. The van der Waals surface area contributed by atoms with Gasteiger partial charge in [-0.1, -0.05) is 73.5 Å². The third-order valence-electron chi connectivity index (χ3n) is 7.83. The summed E-state index contributed by atoms with van der Waals surface area (Å²) in [5, 5.41) is 23.5. The molecular weight excluding hydrogens is 426 g/mol. The van der Waals surface area contributed by atoms with E-state index in [0.717, 1.165) is 19.3 Å². The number of carboxylic acids is 1. The van der Waals surface area contributed by atoms with Crippen molar-refractivity contribution in [2.24, 2.45) is 17.3 Å². The molecule has 0 spiro atoms. The van der Waals surface area contributed by atoms with Gasteiger partial charge in [0.05, 0.1) is 5.41 Å². The first-order valence-electron chi connectivity index (χ1n) is 12.6. The van der Waals surface area contributed by atoms with Crippen molar-refractivity contribution in [1.29, 1.82) is 0 Å². The van der Waals surface area contributed by atoms with Crippen molar-refractivity contribution in [3.05, 3.63) is 71.8 Å². The molecule has 3 rings (SSSR count). The highest BCUT2D eigenvalue weighted by Gasteiger charge is 2.42. The normalized spacial score (nSPS) is 17.8. The molecule has 1 aliphatic carbocycles. The number of rotatable bonds is 12. The minimum absolute atomic E-state index is 0.00781. The number of nitrogens with one attached hydrogen (secondary N) is 1. The Balaban J connectivity index is 1.89. The number of hydrogen-bond acceptors (Lipinski definition) is 3. The summed E-state index contributed by atoms with van der Waals surface area (Å²) < 4.78 is 0. The number of carbonyl (C=O) groups is 2. The molecule has 0 bridgehead atoms. The maximum Gasteiger partial charge on any atom is 0.309 e. The van der Waals surface area contributed by atoms with Gasteiger partial charge in [0, 0.05) is 25.5 Å². The molecule has 1 saturated carbocycles. The summed E-state index contributed by atoms with van der Waals surface area (Å²) in [5.41, 5.74) is 1.72. The molecule has 3 atom stereocenters. The van der Waals surface area contributed by atoms with Crippen LogP contribution in [-0.4, -0.2) is 34.7 Å². The van der Waals surface area contributed by atoms with Crippen LogP contribution in [0.2, 0.25) is 0 Å². The zero-order valence-corrected chi connectivity index (χ0v) is 20.5. The van der Waals surface area contributed by atoms with E-state index in [0.29, 0.717) is 25.7 Å². The highest BCUT2D eigenvalue weighted by molar-refractivity contribution is 5.75. The molecule has 34 heavy (non-hydrogen) atoms. The summed E-state index contributed by atoms with van der Waals surface area (Å²) in [5.74, 6) is -0.805. The lowest BCUT2D eigenvalue weighted by Gasteiger charge is -2.36. The van der Waals surface area contributed by atoms with E-state index in [2.05, 4.69) is 29.6 Å². The van der Waals surface area contributed by atoms with E-state index in [9.17, 15) is 19.8 Å². The van der Waals surface area contributed by atoms with Gasteiger partial charge in [-0.25, -0.2) is 0 Å². The van der Waals surface area contributed by atoms with Crippen LogP contribution in [0.1, 0.15) is 75.8 Å².